The molecule has 0 saturated heterocycles. The summed E-state index contributed by atoms with van der Waals surface area (Å²) in [5.41, 5.74) is 0.586. The predicted molar refractivity (Wildman–Crippen MR) is 74.7 cm³/mol. The van der Waals surface area contributed by atoms with E-state index in [1.54, 1.807) is 24.3 Å². The molecule has 2 rings (SSSR count). The number of carbonyl (C=O) groups excluding carboxylic acids is 1. The Morgan fingerprint density at radius 3 is 3.00 bits per heavy atom. The zero-order chi connectivity index (χ0) is 14.4. The van der Waals surface area contributed by atoms with E-state index in [1.807, 2.05) is 0 Å². The van der Waals surface area contributed by atoms with Crippen LogP contribution in [0.15, 0.2) is 28.6 Å². The Morgan fingerprint density at radius 1 is 1.45 bits per heavy atom. The number of carbonyl (C=O) groups is 1. The van der Waals surface area contributed by atoms with Gasteiger partial charge in [0.25, 0.3) is 0 Å². The van der Waals surface area contributed by atoms with Gasteiger partial charge >= 0.3 is 0 Å². The summed E-state index contributed by atoms with van der Waals surface area (Å²) in [7, 11) is 0. The monoisotopic (exact) mass is 308 g/mol. The minimum absolute atomic E-state index is 0.225. The summed E-state index contributed by atoms with van der Waals surface area (Å²) in [6.45, 7) is 0. The summed E-state index contributed by atoms with van der Waals surface area (Å²) in [6, 6.07) is 8.27. The zero-order valence-corrected chi connectivity index (χ0v) is 11.8. The van der Waals surface area contributed by atoms with E-state index >= 15 is 0 Å². The van der Waals surface area contributed by atoms with Crippen LogP contribution in [0.4, 0.5) is 9.52 Å². The summed E-state index contributed by atoms with van der Waals surface area (Å²) < 4.78 is 14.0. The van der Waals surface area contributed by atoms with E-state index in [2.05, 4.69) is 15.5 Å². The minimum atomic E-state index is -0.422. The molecule has 0 saturated carbocycles. The molecular weight excluding hydrogens is 299 g/mol. The van der Waals surface area contributed by atoms with Crippen molar-refractivity contribution in [3.63, 3.8) is 0 Å². The lowest BCUT2D eigenvalue weighted by molar-refractivity contribution is -0.115. The van der Waals surface area contributed by atoms with E-state index in [4.69, 9.17) is 5.26 Å². The van der Waals surface area contributed by atoms with Crippen LogP contribution < -0.4 is 5.32 Å². The molecule has 0 atom stereocenters. The number of amides is 1. The second kappa shape index (κ2) is 6.98. The SMILES string of the molecule is N#CCC(=O)Nc1nnc(SCc2ccccc2F)s1. The van der Waals surface area contributed by atoms with Gasteiger partial charge in [-0.2, -0.15) is 5.26 Å². The molecule has 0 spiro atoms. The summed E-state index contributed by atoms with van der Waals surface area (Å²) >= 11 is 2.53. The van der Waals surface area contributed by atoms with Crippen molar-refractivity contribution < 1.29 is 9.18 Å². The van der Waals surface area contributed by atoms with Crippen LogP contribution in [0, 0.1) is 17.1 Å². The van der Waals surface area contributed by atoms with Gasteiger partial charge in [-0.1, -0.05) is 41.3 Å². The summed E-state index contributed by atoms with van der Waals surface area (Å²) in [4.78, 5) is 11.2. The van der Waals surface area contributed by atoms with Gasteiger partial charge in [-0.25, -0.2) is 4.39 Å². The molecule has 1 aromatic heterocycles. The number of nitriles is 1. The second-order valence-corrected chi connectivity index (χ2v) is 5.84. The van der Waals surface area contributed by atoms with Crippen molar-refractivity contribution >= 4 is 34.1 Å². The van der Waals surface area contributed by atoms with E-state index in [-0.39, 0.29) is 12.2 Å². The average Bonchev–Trinajstić information content (AvgIpc) is 2.85. The first-order chi connectivity index (χ1) is 9.69. The number of aromatic nitrogens is 2. The molecule has 1 amide bonds. The van der Waals surface area contributed by atoms with E-state index in [0.29, 0.717) is 20.8 Å². The standard InChI is InChI=1S/C12H9FN4OS2/c13-9-4-2-1-3-8(9)7-19-12-17-16-11(20-12)15-10(18)5-6-14/h1-4H,5,7H2,(H,15,16,18). The largest absolute Gasteiger partial charge is 0.300 e. The zero-order valence-electron chi connectivity index (χ0n) is 10.2. The summed E-state index contributed by atoms with van der Waals surface area (Å²) in [5, 5.41) is 18.8. The van der Waals surface area contributed by atoms with Crippen LogP contribution in [-0.2, 0) is 10.5 Å². The molecule has 0 aliphatic carbocycles. The Balaban J connectivity index is 1.92. The van der Waals surface area contributed by atoms with Gasteiger partial charge in [0.1, 0.15) is 12.2 Å². The maximum Gasteiger partial charge on any atom is 0.240 e. The average molecular weight is 308 g/mol. The van der Waals surface area contributed by atoms with E-state index in [1.165, 1.54) is 29.2 Å². The van der Waals surface area contributed by atoms with Gasteiger partial charge in [0.2, 0.25) is 11.0 Å². The normalized spacial score (nSPS) is 10.0. The van der Waals surface area contributed by atoms with Crippen molar-refractivity contribution in [2.24, 2.45) is 0 Å². The molecule has 0 fully saturated rings. The second-order valence-electron chi connectivity index (χ2n) is 3.64. The highest BCUT2D eigenvalue weighted by Crippen LogP contribution is 2.28. The van der Waals surface area contributed by atoms with Gasteiger partial charge in [0, 0.05) is 5.75 Å². The third-order valence-corrected chi connectivity index (χ3v) is 4.22. The number of anilines is 1. The maximum atomic E-state index is 13.4. The molecule has 1 heterocycles. The fourth-order valence-corrected chi connectivity index (χ4v) is 3.06. The third kappa shape index (κ3) is 4.01. The van der Waals surface area contributed by atoms with Crippen LogP contribution in [-0.4, -0.2) is 16.1 Å². The van der Waals surface area contributed by atoms with Crippen LogP contribution in [0.3, 0.4) is 0 Å². The van der Waals surface area contributed by atoms with Crippen LogP contribution in [0.1, 0.15) is 12.0 Å². The van der Waals surface area contributed by atoms with Crippen molar-refractivity contribution in [3.8, 4) is 6.07 Å². The predicted octanol–water partition coefficient (Wildman–Crippen LogP) is 2.82. The Kier molecular flexibility index (Phi) is 5.03. The third-order valence-electron chi connectivity index (χ3n) is 2.20. The molecule has 0 radical (unpaired) electrons. The molecule has 0 aliphatic heterocycles. The molecule has 1 N–H and O–H groups in total. The lowest BCUT2D eigenvalue weighted by Crippen LogP contribution is -2.09. The van der Waals surface area contributed by atoms with Crippen molar-refractivity contribution in [2.75, 3.05) is 5.32 Å². The first-order valence-corrected chi connectivity index (χ1v) is 7.36. The quantitative estimate of drug-likeness (QED) is 0.678. The molecule has 8 heteroatoms. The molecule has 0 unspecified atom stereocenters. The smallest absolute Gasteiger partial charge is 0.240 e. The first-order valence-electron chi connectivity index (χ1n) is 5.55. The Hall–Kier alpha value is -1.98. The highest BCUT2D eigenvalue weighted by atomic mass is 32.2. The van der Waals surface area contributed by atoms with Crippen molar-refractivity contribution in [3.05, 3.63) is 35.6 Å². The van der Waals surface area contributed by atoms with E-state index < -0.39 is 5.91 Å². The lowest BCUT2D eigenvalue weighted by atomic mass is 10.2. The molecule has 2 aromatic rings. The fraction of sp³-hybridized carbons (Fsp3) is 0.167. The van der Waals surface area contributed by atoms with Gasteiger partial charge in [-0.3, -0.25) is 10.1 Å². The lowest BCUT2D eigenvalue weighted by Gasteiger charge is -1.99. The number of benzene rings is 1. The minimum Gasteiger partial charge on any atom is -0.300 e. The maximum absolute atomic E-state index is 13.4. The molecule has 20 heavy (non-hydrogen) atoms. The van der Waals surface area contributed by atoms with Gasteiger partial charge in [-0.15, -0.1) is 10.2 Å². The van der Waals surface area contributed by atoms with Gasteiger partial charge in [-0.05, 0) is 11.6 Å². The van der Waals surface area contributed by atoms with Crippen LogP contribution >= 0.6 is 23.1 Å². The highest BCUT2D eigenvalue weighted by Gasteiger charge is 2.09. The van der Waals surface area contributed by atoms with Gasteiger partial charge in [0.05, 0.1) is 6.07 Å². The number of rotatable bonds is 5. The Labute approximate surface area is 122 Å². The Morgan fingerprint density at radius 2 is 2.25 bits per heavy atom. The van der Waals surface area contributed by atoms with Crippen LogP contribution in [0.2, 0.25) is 0 Å². The molecule has 1 aromatic carbocycles. The van der Waals surface area contributed by atoms with E-state index in [9.17, 15) is 9.18 Å². The summed E-state index contributed by atoms with van der Waals surface area (Å²) in [6.07, 6.45) is -0.225. The van der Waals surface area contributed by atoms with Gasteiger partial charge in [0.15, 0.2) is 4.34 Å². The molecule has 0 aliphatic rings. The number of nitrogens with zero attached hydrogens (tertiary/aromatic N) is 3. The highest BCUT2D eigenvalue weighted by molar-refractivity contribution is 8.00. The molecule has 102 valence electrons. The van der Waals surface area contributed by atoms with Crippen LogP contribution in [0.5, 0.6) is 0 Å². The number of hydrogen-bond acceptors (Lipinski definition) is 6. The van der Waals surface area contributed by atoms with Crippen molar-refractivity contribution in [1.82, 2.24) is 10.2 Å². The van der Waals surface area contributed by atoms with E-state index in [0.717, 1.165) is 0 Å². The van der Waals surface area contributed by atoms with Crippen molar-refractivity contribution in [1.29, 1.82) is 5.26 Å². The van der Waals surface area contributed by atoms with Crippen LogP contribution in [0.25, 0.3) is 0 Å². The molecule has 5 nitrogen and oxygen atoms in total. The topological polar surface area (TPSA) is 78.7 Å². The molecular formula is C12H9FN4OS2. The first kappa shape index (κ1) is 14.4. The van der Waals surface area contributed by atoms with Crippen molar-refractivity contribution in [2.45, 2.75) is 16.5 Å². The number of nitrogens with one attached hydrogen (secondary N) is 1. The fourth-order valence-electron chi connectivity index (χ4n) is 1.31. The summed E-state index contributed by atoms with van der Waals surface area (Å²) in [5.74, 6) is -0.241. The van der Waals surface area contributed by atoms with Gasteiger partial charge < -0.3 is 0 Å². The number of hydrogen-bond donors (Lipinski definition) is 1. The number of thioether (sulfide) groups is 1. The molecule has 0 bridgehead atoms. The number of halogens is 1. The Bertz CT molecular complexity index is 653.